The molecule has 0 saturated carbocycles. The minimum Gasteiger partial charge on any atom is -0.334 e. The molecule has 0 aliphatic carbocycles. The highest BCUT2D eigenvalue weighted by molar-refractivity contribution is 6.03. The molecular weight excluding hydrogens is 551 g/mol. The van der Waals surface area contributed by atoms with E-state index in [0.29, 0.717) is 48.0 Å². The van der Waals surface area contributed by atoms with E-state index in [1.807, 2.05) is 20.8 Å². The summed E-state index contributed by atoms with van der Waals surface area (Å²) in [7, 11) is 0. The normalized spacial score (nSPS) is 13.7. The highest BCUT2D eigenvalue weighted by Gasteiger charge is 2.22. The molecule has 0 fully saturated rings. The van der Waals surface area contributed by atoms with Gasteiger partial charge in [0.2, 0.25) is 0 Å². The lowest BCUT2D eigenvalue weighted by Crippen LogP contribution is -2.36. The van der Waals surface area contributed by atoms with Crippen molar-refractivity contribution in [3.8, 4) is 11.3 Å². The number of hydrogen-bond acceptors (Lipinski definition) is 8. The summed E-state index contributed by atoms with van der Waals surface area (Å²) in [5, 5.41) is 16.5. The minimum atomic E-state index is -2.43. The summed E-state index contributed by atoms with van der Waals surface area (Å²) in [5.74, 6) is -0.917. The van der Waals surface area contributed by atoms with Crippen LogP contribution >= 0.6 is 0 Å². The van der Waals surface area contributed by atoms with Crippen molar-refractivity contribution in [2.24, 2.45) is 0 Å². The molecule has 1 aliphatic rings. The average molecular weight is 582 g/mol. The molecule has 4 aromatic rings. The summed E-state index contributed by atoms with van der Waals surface area (Å²) in [5.41, 5.74) is 1.94. The predicted molar refractivity (Wildman–Crippen MR) is 150 cm³/mol. The molecule has 0 atom stereocenters. The van der Waals surface area contributed by atoms with Gasteiger partial charge in [0.15, 0.2) is 5.82 Å². The summed E-state index contributed by atoms with van der Waals surface area (Å²) >= 11 is 0. The monoisotopic (exact) mass is 581 g/mol. The number of nitrogens with one attached hydrogen (secondary N) is 3. The second-order valence-electron chi connectivity index (χ2n) is 11.1. The summed E-state index contributed by atoms with van der Waals surface area (Å²) in [6, 6.07) is 5.88. The number of halogens is 3. The molecule has 11 nitrogen and oxygen atoms in total. The van der Waals surface area contributed by atoms with E-state index in [9.17, 15) is 22.8 Å². The van der Waals surface area contributed by atoms with Gasteiger partial charge in [0.25, 0.3) is 17.9 Å². The van der Waals surface area contributed by atoms with Crippen molar-refractivity contribution in [3.05, 3.63) is 75.5 Å². The van der Waals surface area contributed by atoms with Crippen LogP contribution in [0.5, 0.6) is 0 Å². The molecule has 1 aliphatic heterocycles. The Balaban J connectivity index is 1.37. The van der Waals surface area contributed by atoms with Gasteiger partial charge in [-0.3, -0.25) is 24.2 Å². The number of anilines is 3. The minimum absolute atomic E-state index is 0.0287. The molecule has 14 heteroatoms. The van der Waals surface area contributed by atoms with Crippen molar-refractivity contribution in [3.63, 3.8) is 0 Å². The third-order valence-corrected chi connectivity index (χ3v) is 6.92. The number of aromatic amines is 1. The number of amides is 1. The third-order valence-electron chi connectivity index (χ3n) is 6.92. The number of fused-ring (bicyclic) bond motifs is 1. The Morgan fingerprint density at radius 3 is 2.62 bits per heavy atom. The van der Waals surface area contributed by atoms with E-state index in [-0.39, 0.29) is 29.0 Å². The number of aromatic nitrogens is 6. The first-order valence-electron chi connectivity index (χ1n) is 13.3. The molecule has 3 aromatic heterocycles. The molecule has 42 heavy (non-hydrogen) atoms. The van der Waals surface area contributed by atoms with E-state index in [0.717, 1.165) is 5.69 Å². The zero-order valence-electron chi connectivity index (χ0n) is 23.5. The number of nitrogens with zero attached hydrogens (tertiary/aromatic N) is 6. The zero-order valence-corrected chi connectivity index (χ0v) is 23.5. The van der Waals surface area contributed by atoms with Crippen molar-refractivity contribution in [1.82, 2.24) is 34.8 Å². The van der Waals surface area contributed by atoms with Gasteiger partial charge in [-0.25, -0.2) is 23.3 Å². The molecule has 4 heterocycles. The van der Waals surface area contributed by atoms with E-state index < -0.39 is 23.7 Å². The Morgan fingerprint density at radius 1 is 1.14 bits per heavy atom. The fourth-order valence-electron chi connectivity index (χ4n) is 4.63. The molecule has 1 aromatic carbocycles. The maximum Gasteiger partial charge on any atom is 0.287 e. The Hall–Kier alpha value is -4.59. The maximum atomic E-state index is 14.9. The molecule has 0 bridgehead atoms. The van der Waals surface area contributed by atoms with Gasteiger partial charge in [-0.15, -0.1) is 0 Å². The van der Waals surface area contributed by atoms with Crippen LogP contribution in [0.1, 0.15) is 48.2 Å². The molecule has 1 amide bonds. The van der Waals surface area contributed by atoms with Gasteiger partial charge in [0, 0.05) is 36.3 Å². The van der Waals surface area contributed by atoms with Crippen molar-refractivity contribution in [1.29, 1.82) is 0 Å². The van der Waals surface area contributed by atoms with Gasteiger partial charge >= 0.3 is 0 Å². The van der Waals surface area contributed by atoms with Gasteiger partial charge in [-0.1, -0.05) is 20.8 Å². The maximum absolute atomic E-state index is 14.9. The van der Waals surface area contributed by atoms with E-state index in [4.69, 9.17) is 0 Å². The largest absolute Gasteiger partial charge is 0.334 e. The molecule has 0 saturated heterocycles. The van der Waals surface area contributed by atoms with Crippen LogP contribution in [0.2, 0.25) is 0 Å². The standard InChI is InChI=1S/C28H30F3N9O2/c1-15-17(5-6-18(29)25(15)35-26(41)21-11-33-22(12-32-21)28(2,3)4)19-10-20(27(42)37-36-19)34-24-9-16-13-39(14-23(30)31)7-8-40(16)38-24/h5-6,9-12,23H,7-8,13-14H2,1-4H3,(H,35,41)(H,37,42)(H,34,36,38). The number of carbonyl (C=O) groups is 1. The van der Waals surface area contributed by atoms with Crippen molar-refractivity contribution in [2.75, 3.05) is 23.7 Å². The van der Waals surface area contributed by atoms with Crippen LogP contribution in [-0.4, -0.2) is 60.3 Å². The molecule has 220 valence electrons. The number of rotatable bonds is 7. The predicted octanol–water partition coefficient (Wildman–Crippen LogP) is 4.25. The van der Waals surface area contributed by atoms with E-state index >= 15 is 0 Å². The van der Waals surface area contributed by atoms with Crippen molar-refractivity contribution >= 4 is 23.1 Å². The Kier molecular flexibility index (Phi) is 7.82. The van der Waals surface area contributed by atoms with Crippen LogP contribution in [0.25, 0.3) is 11.3 Å². The summed E-state index contributed by atoms with van der Waals surface area (Å²) in [4.78, 5) is 35.6. The molecule has 0 radical (unpaired) electrons. The van der Waals surface area contributed by atoms with Crippen molar-refractivity contribution in [2.45, 2.75) is 52.6 Å². The molecule has 5 rings (SSSR count). The van der Waals surface area contributed by atoms with E-state index in [1.165, 1.54) is 30.6 Å². The number of carbonyl (C=O) groups excluding carboxylic acids is 1. The average Bonchev–Trinajstić information content (AvgIpc) is 3.33. The topological polar surface area (TPSA) is 134 Å². The highest BCUT2D eigenvalue weighted by Crippen LogP contribution is 2.31. The van der Waals surface area contributed by atoms with Crippen LogP contribution in [0.4, 0.5) is 30.4 Å². The highest BCUT2D eigenvalue weighted by atomic mass is 19.3. The first-order valence-corrected chi connectivity index (χ1v) is 13.3. The summed E-state index contributed by atoms with van der Waals surface area (Å²) < 4.78 is 42.2. The number of H-pyrrole nitrogens is 1. The third kappa shape index (κ3) is 6.17. The van der Waals surface area contributed by atoms with Crippen LogP contribution in [0.3, 0.4) is 0 Å². The summed E-state index contributed by atoms with van der Waals surface area (Å²) in [6.45, 7) is 8.42. The SMILES string of the molecule is Cc1c(-c2cc(Nc3cc4n(n3)CCN(CC(F)F)C4)c(=O)[nH]n2)ccc(F)c1NC(=O)c1cnc(C(C)(C)C)cn1. The quantitative estimate of drug-likeness (QED) is 0.295. The number of benzene rings is 1. The summed E-state index contributed by atoms with van der Waals surface area (Å²) in [6.07, 6.45) is 0.435. The Labute approximate surface area is 239 Å². The first kappa shape index (κ1) is 28.9. The lowest BCUT2D eigenvalue weighted by Gasteiger charge is -2.26. The first-order chi connectivity index (χ1) is 19.9. The van der Waals surface area contributed by atoms with Crippen LogP contribution in [-0.2, 0) is 18.5 Å². The smallest absolute Gasteiger partial charge is 0.287 e. The van der Waals surface area contributed by atoms with Crippen LogP contribution in [0, 0.1) is 12.7 Å². The van der Waals surface area contributed by atoms with E-state index in [2.05, 4.69) is 35.9 Å². The van der Waals surface area contributed by atoms with Gasteiger partial charge in [-0.2, -0.15) is 10.2 Å². The Bertz CT molecular complexity index is 1680. The van der Waals surface area contributed by atoms with Crippen LogP contribution < -0.4 is 16.2 Å². The zero-order chi connectivity index (χ0) is 30.2. The molecule has 0 unspecified atom stereocenters. The van der Waals surface area contributed by atoms with E-state index in [1.54, 1.807) is 22.6 Å². The Morgan fingerprint density at radius 2 is 1.93 bits per heavy atom. The lowest BCUT2D eigenvalue weighted by atomic mass is 9.93. The van der Waals surface area contributed by atoms with Crippen LogP contribution in [0.15, 0.2) is 41.5 Å². The molecule has 0 spiro atoms. The second-order valence-corrected chi connectivity index (χ2v) is 11.1. The number of hydrogen-bond donors (Lipinski definition) is 3. The fraction of sp³-hybridized carbons (Fsp3) is 0.357. The lowest BCUT2D eigenvalue weighted by molar-refractivity contribution is 0.0737. The fourth-order valence-corrected chi connectivity index (χ4v) is 4.63. The molecular formula is C28H30F3N9O2. The van der Waals surface area contributed by atoms with Crippen molar-refractivity contribution < 1.29 is 18.0 Å². The van der Waals surface area contributed by atoms with Gasteiger partial charge < -0.3 is 10.6 Å². The second kappa shape index (κ2) is 11.4. The van der Waals surface area contributed by atoms with Gasteiger partial charge in [-0.05, 0) is 30.7 Å². The number of alkyl halides is 2. The molecule has 3 N–H and O–H groups in total. The van der Waals surface area contributed by atoms with Gasteiger partial charge in [0.1, 0.15) is 17.2 Å². The van der Waals surface area contributed by atoms with Gasteiger partial charge in [0.05, 0.1) is 42.1 Å².